The molecule has 1 amide bonds. The van der Waals surface area contributed by atoms with E-state index in [9.17, 15) is 14.3 Å². The maximum atomic E-state index is 13.5. The number of phenolic OH excluding ortho intramolecular Hbond substituents is 1. The second-order valence-electron chi connectivity index (χ2n) is 5.10. The van der Waals surface area contributed by atoms with E-state index in [1.807, 2.05) is 0 Å². The Kier molecular flexibility index (Phi) is 4.58. The lowest BCUT2D eigenvalue weighted by Gasteiger charge is -2.15. The van der Waals surface area contributed by atoms with E-state index in [1.54, 1.807) is 50.2 Å². The highest BCUT2D eigenvalue weighted by molar-refractivity contribution is 5.79. The minimum atomic E-state index is -0.293. The van der Waals surface area contributed by atoms with Crippen molar-refractivity contribution in [3.8, 4) is 5.75 Å². The number of rotatable bonds is 4. The minimum Gasteiger partial charge on any atom is -0.508 e. The van der Waals surface area contributed by atoms with E-state index in [4.69, 9.17) is 0 Å². The van der Waals surface area contributed by atoms with Crippen LogP contribution in [0.25, 0.3) is 0 Å². The molecule has 0 aliphatic carbocycles. The summed E-state index contributed by atoms with van der Waals surface area (Å²) < 4.78 is 13.5. The van der Waals surface area contributed by atoms with Crippen molar-refractivity contribution in [1.82, 2.24) is 5.32 Å². The summed E-state index contributed by atoms with van der Waals surface area (Å²) in [7, 11) is 0. The topological polar surface area (TPSA) is 49.3 Å². The molecule has 1 atom stereocenters. The van der Waals surface area contributed by atoms with Gasteiger partial charge in [-0.15, -0.1) is 0 Å². The molecular weight excluding hydrogens is 269 g/mol. The Balaban J connectivity index is 2.02. The zero-order chi connectivity index (χ0) is 15.4. The summed E-state index contributed by atoms with van der Waals surface area (Å²) in [5.41, 5.74) is 1.85. The monoisotopic (exact) mass is 287 g/mol. The molecule has 0 radical (unpaired) electrons. The van der Waals surface area contributed by atoms with Gasteiger partial charge in [0.05, 0.1) is 12.5 Å². The first-order valence-corrected chi connectivity index (χ1v) is 6.79. The number of amides is 1. The summed E-state index contributed by atoms with van der Waals surface area (Å²) in [6, 6.07) is 11.3. The molecule has 4 heteroatoms. The van der Waals surface area contributed by atoms with Gasteiger partial charge in [-0.2, -0.15) is 0 Å². The van der Waals surface area contributed by atoms with Crippen LogP contribution in [0.2, 0.25) is 0 Å². The minimum absolute atomic E-state index is 0.0886. The van der Waals surface area contributed by atoms with Crippen molar-refractivity contribution in [1.29, 1.82) is 0 Å². The number of carbonyl (C=O) groups is 1. The molecule has 2 rings (SSSR count). The van der Waals surface area contributed by atoms with E-state index in [-0.39, 0.29) is 29.9 Å². The van der Waals surface area contributed by atoms with Crippen molar-refractivity contribution in [3.05, 3.63) is 65.0 Å². The van der Waals surface area contributed by atoms with Crippen LogP contribution in [0.1, 0.15) is 29.7 Å². The summed E-state index contributed by atoms with van der Waals surface area (Å²) in [5, 5.41) is 12.4. The average molecular weight is 287 g/mol. The SMILES string of the molecule is Cc1ccc(C(C)NC(=O)Cc2ccccc2O)cc1F. The first kappa shape index (κ1) is 15.0. The second kappa shape index (κ2) is 6.39. The van der Waals surface area contributed by atoms with Gasteiger partial charge in [-0.1, -0.05) is 30.3 Å². The Morgan fingerprint density at radius 3 is 2.67 bits per heavy atom. The third kappa shape index (κ3) is 3.81. The Hall–Kier alpha value is -2.36. The summed E-state index contributed by atoms with van der Waals surface area (Å²) in [4.78, 5) is 12.0. The van der Waals surface area contributed by atoms with Crippen molar-refractivity contribution in [3.63, 3.8) is 0 Å². The second-order valence-corrected chi connectivity index (χ2v) is 5.10. The lowest BCUT2D eigenvalue weighted by Crippen LogP contribution is -2.28. The molecule has 21 heavy (non-hydrogen) atoms. The van der Waals surface area contributed by atoms with E-state index < -0.39 is 0 Å². The summed E-state index contributed by atoms with van der Waals surface area (Å²) >= 11 is 0. The Morgan fingerprint density at radius 1 is 1.29 bits per heavy atom. The number of phenols is 1. The van der Waals surface area contributed by atoms with Gasteiger partial charge in [0.2, 0.25) is 5.91 Å². The molecule has 3 nitrogen and oxygen atoms in total. The molecule has 110 valence electrons. The summed E-state index contributed by atoms with van der Waals surface area (Å²) in [5.74, 6) is -0.402. The quantitative estimate of drug-likeness (QED) is 0.906. The van der Waals surface area contributed by atoms with Gasteiger partial charge in [0, 0.05) is 5.56 Å². The van der Waals surface area contributed by atoms with E-state index >= 15 is 0 Å². The van der Waals surface area contributed by atoms with Crippen LogP contribution in [0.4, 0.5) is 4.39 Å². The maximum absolute atomic E-state index is 13.5. The van der Waals surface area contributed by atoms with Gasteiger partial charge in [-0.3, -0.25) is 4.79 Å². The van der Waals surface area contributed by atoms with Crippen molar-refractivity contribution in [2.45, 2.75) is 26.3 Å². The smallest absolute Gasteiger partial charge is 0.225 e. The van der Waals surface area contributed by atoms with Crippen LogP contribution in [-0.2, 0) is 11.2 Å². The van der Waals surface area contributed by atoms with Crippen LogP contribution in [0.15, 0.2) is 42.5 Å². The zero-order valence-corrected chi connectivity index (χ0v) is 12.1. The van der Waals surface area contributed by atoms with Gasteiger partial charge in [0.1, 0.15) is 11.6 Å². The van der Waals surface area contributed by atoms with Crippen LogP contribution >= 0.6 is 0 Å². The predicted molar refractivity (Wildman–Crippen MR) is 79.5 cm³/mol. The largest absolute Gasteiger partial charge is 0.508 e. The van der Waals surface area contributed by atoms with Crippen LogP contribution in [-0.4, -0.2) is 11.0 Å². The first-order valence-electron chi connectivity index (χ1n) is 6.79. The number of hydrogen-bond acceptors (Lipinski definition) is 2. The van der Waals surface area contributed by atoms with E-state index in [0.717, 1.165) is 0 Å². The molecule has 2 aromatic rings. The molecular formula is C17H18FNO2. The van der Waals surface area contributed by atoms with Crippen LogP contribution in [0.5, 0.6) is 5.75 Å². The molecule has 1 unspecified atom stereocenters. The van der Waals surface area contributed by atoms with Gasteiger partial charge < -0.3 is 10.4 Å². The number of aromatic hydroxyl groups is 1. The van der Waals surface area contributed by atoms with Crippen molar-refractivity contribution in [2.24, 2.45) is 0 Å². The normalized spacial score (nSPS) is 12.0. The van der Waals surface area contributed by atoms with Crippen LogP contribution in [0, 0.1) is 12.7 Å². The van der Waals surface area contributed by atoms with Gasteiger partial charge in [0.25, 0.3) is 0 Å². The Bertz CT molecular complexity index is 655. The lowest BCUT2D eigenvalue weighted by molar-refractivity contribution is -0.121. The standard InChI is InChI=1S/C17H18FNO2/c1-11-7-8-13(9-15(11)18)12(2)19-17(21)10-14-5-3-4-6-16(14)20/h3-9,12,20H,10H2,1-2H3,(H,19,21). The molecule has 2 aromatic carbocycles. The fraction of sp³-hybridized carbons (Fsp3) is 0.235. The van der Waals surface area contributed by atoms with Crippen molar-refractivity contribution >= 4 is 5.91 Å². The zero-order valence-electron chi connectivity index (χ0n) is 12.1. The van der Waals surface area contributed by atoms with Crippen LogP contribution in [0.3, 0.4) is 0 Å². The first-order chi connectivity index (χ1) is 9.97. The number of nitrogens with one attached hydrogen (secondary N) is 1. The number of para-hydroxylation sites is 1. The molecule has 0 spiro atoms. The molecule has 0 saturated carbocycles. The average Bonchev–Trinajstić information content (AvgIpc) is 2.44. The van der Waals surface area contributed by atoms with Gasteiger partial charge >= 0.3 is 0 Å². The fourth-order valence-corrected chi connectivity index (χ4v) is 2.09. The van der Waals surface area contributed by atoms with Crippen LogP contribution < -0.4 is 5.32 Å². The predicted octanol–water partition coefficient (Wildman–Crippen LogP) is 3.26. The van der Waals surface area contributed by atoms with E-state index in [0.29, 0.717) is 16.7 Å². The highest BCUT2D eigenvalue weighted by Gasteiger charge is 2.12. The van der Waals surface area contributed by atoms with Gasteiger partial charge in [-0.05, 0) is 37.1 Å². The molecule has 0 bridgehead atoms. The number of benzene rings is 2. The van der Waals surface area contributed by atoms with E-state index in [1.165, 1.54) is 6.07 Å². The van der Waals surface area contributed by atoms with Crippen molar-refractivity contribution in [2.75, 3.05) is 0 Å². The molecule has 0 fully saturated rings. The van der Waals surface area contributed by atoms with E-state index in [2.05, 4.69) is 5.32 Å². The number of hydrogen-bond donors (Lipinski definition) is 2. The summed E-state index contributed by atoms with van der Waals surface area (Å²) in [6.07, 6.45) is 0.0886. The Morgan fingerprint density at radius 2 is 2.00 bits per heavy atom. The molecule has 0 aromatic heterocycles. The highest BCUT2D eigenvalue weighted by Crippen LogP contribution is 2.18. The Labute approximate surface area is 123 Å². The number of halogens is 1. The van der Waals surface area contributed by atoms with Gasteiger partial charge in [0.15, 0.2) is 0 Å². The number of aryl methyl sites for hydroxylation is 1. The third-order valence-electron chi connectivity index (χ3n) is 3.42. The maximum Gasteiger partial charge on any atom is 0.225 e. The lowest BCUT2D eigenvalue weighted by atomic mass is 10.1. The molecule has 2 N–H and O–H groups in total. The van der Waals surface area contributed by atoms with Gasteiger partial charge in [-0.25, -0.2) is 4.39 Å². The summed E-state index contributed by atoms with van der Waals surface area (Å²) in [6.45, 7) is 3.49. The third-order valence-corrected chi connectivity index (χ3v) is 3.42. The fourth-order valence-electron chi connectivity index (χ4n) is 2.09. The molecule has 0 aliphatic heterocycles. The number of carbonyl (C=O) groups excluding carboxylic acids is 1. The molecule has 0 heterocycles. The molecule has 0 aliphatic rings. The van der Waals surface area contributed by atoms with Crippen molar-refractivity contribution < 1.29 is 14.3 Å². The molecule has 0 saturated heterocycles. The highest BCUT2D eigenvalue weighted by atomic mass is 19.1.